The molecule has 0 atom stereocenters. The fraction of sp³-hybridized carbons (Fsp3) is 0.488. The Kier molecular flexibility index (Phi) is 11.9. The van der Waals surface area contributed by atoms with E-state index in [1.807, 2.05) is 0 Å². The smallest absolute Gasteiger partial charge is 0.369 e. The molecule has 0 aliphatic carbocycles. The van der Waals surface area contributed by atoms with E-state index in [9.17, 15) is 82.1 Å². The maximum atomic E-state index is 14.7. The van der Waals surface area contributed by atoms with Crippen LogP contribution in [0.25, 0.3) is 27.2 Å². The quantitative estimate of drug-likeness (QED) is 0.128. The number of hydrogen-bond acceptors (Lipinski definition) is 6. The van der Waals surface area contributed by atoms with Gasteiger partial charge in [-0.05, 0) is 104 Å². The molecule has 5 rings (SSSR count). The number of fused-ring (bicyclic) bond motifs is 2. The Labute approximate surface area is 350 Å². The molecule has 3 aromatic carbocycles. The first-order valence-electron chi connectivity index (χ1n) is 19.5. The molecule has 5 aromatic rings. The SMILES string of the molecule is CCC(C)(CC)c1c(C)cc(Cc2cc(C)c(-n3c(=O)c4cc5c(=O)n(C(C)(CC)CC)c(=O)c5cc4c3=O)c(C(O)(C(F)(F)F)C(F)(F)F)c2)cc1C(O)(C(F)(F)F)C(F)(F)F. The molecule has 0 radical (unpaired) electrons. The minimum Gasteiger partial charge on any atom is -0.369 e. The van der Waals surface area contributed by atoms with Gasteiger partial charge in [-0.2, -0.15) is 52.7 Å². The Morgan fingerprint density at radius 1 is 0.492 bits per heavy atom. The fourth-order valence-electron chi connectivity index (χ4n) is 8.58. The zero-order chi connectivity index (χ0) is 48.2. The molecule has 0 amide bonds. The van der Waals surface area contributed by atoms with Crippen molar-refractivity contribution >= 4 is 21.5 Å². The number of aliphatic hydroxyl groups is 2. The Balaban J connectivity index is 1.89. The second-order valence-electron chi connectivity index (χ2n) is 16.5. The fourth-order valence-corrected chi connectivity index (χ4v) is 8.58. The summed E-state index contributed by atoms with van der Waals surface area (Å²) in [6.07, 6.45) is -26.6. The third-order valence-electron chi connectivity index (χ3n) is 12.9. The van der Waals surface area contributed by atoms with Crippen molar-refractivity contribution in [3.63, 3.8) is 0 Å². The van der Waals surface area contributed by atoms with Crippen molar-refractivity contribution in [2.24, 2.45) is 0 Å². The van der Waals surface area contributed by atoms with Gasteiger partial charge >= 0.3 is 24.7 Å². The van der Waals surface area contributed by atoms with Gasteiger partial charge in [0.05, 0.1) is 27.2 Å². The van der Waals surface area contributed by atoms with Crippen LogP contribution in [-0.4, -0.2) is 44.1 Å². The standard InChI is InChI=1S/C43H42F12N2O6/c1-9-36(7,10-2)30-20(5)13-22(16-28(30)38(62,40(44,45)46)41(47,48)49)15-23-14-21(6)31(29(17-23)39(63,42(50,51)52)43(53,54)55)56-32(58)24-18-26-27(19-25(24)33(56)59)35(61)57(34(26)60)37(8,11-3)12-4/h13-14,16-19,62-63H,9-12,15H2,1-8H3. The van der Waals surface area contributed by atoms with E-state index in [1.54, 1.807) is 20.8 Å². The topological polar surface area (TPSA) is 119 Å². The highest BCUT2D eigenvalue weighted by atomic mass is 19.4. The lowest BCUT2D eigenvalue weighted by Crippen LogP contribution is -2.55. The summed E-state index contributed by atoms with van der Waals surface area (Å²) in [6.45, 7) is 11.2. The molecule has 0 unspecified atom stereocenters. The first-order chi connectivity index (χ1) is 28.6. The molecule has 2 aromatic heterocycles. The van der Waals surface area contributed by atoms with Gasteiger partial charge in [-0.1, -0.05) is 52.8 Å². The summed E-state index contributed by atoms with van der Waals surface area (Å²) in [5, 5.41) is 19.4. The Hall–Kier alpha value is -4.98. The number of benzene rings is 3. The normalized spacial score (nSPS) is 14.1. The maximum absolute atomic E-state index is 14.7. The largest absolute Gasteiger partial charge is 0.430 e. The number of hydrogen-bond donors (Lipinski definition) is 2. The third kappa shape index (κ3) is 7.18. The van der Waals surface area contributed by atoms with Crippen LogP contribution in [0.1, 0.15) is 106 Å². The molecule has 0 bridgehead atoms. The lowest BCUT2D eigenvalue weighted by atomic mass is 9.69. The first kappa shape index (κ1) is 49.0. The van der Waals surface area contributed by atoms with Crippen LogP contribution >= 0.6 is 0 Å². The van der Waals surface area contributed by atoms with Crippen LogP contribution in [0, 0.1) is 13.8 Å². The highest BCUT2D eigenvalue weighted by Gasteiger charge is 2.73. The van der Waals surface area contributed by atoms with Crippen molar-refractivity contribution < 1.29 is 62.9 Å². The molecule has 0 aliphatic rings. The number of aryl methyl sites for hydroxylation is 2. The maximum Gasteiger partial charge on any atom is 0.430 e. The van der Waals surface area contributed by atoms with Gasteiger partial charge in [0.15, 0.2) is 0 Å². The van der Waals surface area contributed by atoms with Crippen molar-refractivity contribution in [2.45, 2.75) is 134 Å². The summed E-state index contributed by atoms with van der Waals surface area (Å²) >= 11 is 0. The summed E-state index contributed by atoms with van der Waals surface area (Å²) in [4.78, 5) is 55.1. The Morgan fingerprint density at radius 3 is 1.21 bits per heavy atom. The minimum absolute atomic E-state index is 0.0391. The van der Waals surface area contributed by atoms with Crippen LogP contribution in [0.4, 0.5) is 52.7 Å². The lowest BCUT2D eigenvalue weighted by molar-refractivity contribution is -0.377. The molecule has 63 heavy (non-hydrogen) atoms. The second-order valence-corrected chi connectivity index (χ2v) is 16.5. The van der Waals surface area contributed by atoms with Crippen molar-refractivity contribution in [2.75, 3.05) is 0 Å². The van der Waals surface area contributed by atoms with E-state index in [-0.39, 0.29) is 52.7 Å². The Bertz CT molecular complexity index is 2720. The number of alkyl halides is 12. The van der Waals surface area contributed by atoms with Gasteiger partial charge < -0.3 is 10.2 Å². The highest BCUT2D eigenvalue weighted by molar-refractivity contribution is 5.98. The zero-order valence-corrected chi connectivity index (χ0v) is 35.0. The van der Waals surface area contributed by atoms with Crippen molar-refractivity contribution in [1.82, 2.24) is 9.13 Å². The molecule has 0 saturated heterocycles. The molecule has 0 aliphatic heterocycles. The zero-order valence-electron chi connectivity index (χ0n) is 35.0. The molecule has 344 valence electrons. The van der Waals surface area contributed by atoms with Gasteiger partial charge in [0.1, 0.15) is 0 Å². The first-order valence-corrected chi connectivity index (χ1v) is 19.5. The van der Waals surface area contributed by atoms with Gasteiger partial charge in [-0.3, -0.25) is 23.7 Å². The Morgan fingerprint density at radius 2 is 0.841 bits per heavy atom. The van der Waals surface area contributed by atoms with Crippen molar-refractivity contribution in [3.05, 3.63) is 117 Å². The molecule has 0 spiro atoms. The number of rotatable bonds is 11. The average molecular weight is 911 g/mol. The van der Waals surface area contributed by atoms with E-state index in [4.69, 9.17) is 0 Å². The third-order valence-corrected chi connectivity index (χ3v) is 12.9. The molecular weight excluding hydrogens is 868 g/mol. The van der Waals surface area contributed by atoms with Crippen LogP contribution in [0.2, 0.25) is 0 Å². The van der Waals surface area contributed by atoms with Gasteiger partial charge in [0.25, 0.3) is 33.4 Å². The van der Waals surface area contributed by atoms with Crippen LogP contribution in [0.15, 0.2) is 55.6 Å². The van der Waals surface area contributed by atoms with Gasteiger partial charge in [-0.25, -0.2) is 4.57 Å². The molecular formula is C43H42F12N2O6. The van der Waals surface area contributed by atoms with Crippen molar-refractivity contribution in [1.29, 1.82) is 0 Å². The van der Waals surface area contributed by atoms with E-state index in [0.29, 0.717) is 6.07 Å². The summed E-state index contributed by atoms with van der Waals surface area (Å²) in [5.74, 6) is 0. The number of aromatic nitrogens is 2. The van der Waals surface area contributed by atoms with E-state index in [2.05, 4.69) is 0 Å². The predicted molar refractivity (Wildman–Crippen MR) is 209 cm³/mol. The van der Waals surface area contributed by atoms with E-state index < -0.39 is 125 Å². The molecule has 0 saturated carbocycles. The summed E-state index contributed by atoms with van der Waals surface area (Å²) < 4.78 is 176. The number of nitrogens with zero attached hydrogens (tertiary/aromatic N) is 2. The molecule has 20 heteroatoms. The molecule has 2 heterocycles. The highest BCUT2D eigenvalue weighted by Crippen LogP contribution is 2.55. The van der Waals surface area contributed by atoms with Crippen LogP contribution in [0.5, 0.6) is 0 Å². The summed E-state index contributed by atoms with van der Waals surface area (Å²) in [6, 6.07) is 3.87. The van der Waals surface area contributed by atoms with Crippen LogP contribution in [-0.2, 0) is 28.6 Å². The van der Waals surface area contributed by atoms with Gasteiger partial charge in [-0.15, -0.1) is 0 Å². The summed E-state index contributed by atoms with van der Waals surface area (Å²) in [7, 11) is 0. The average Bonchev–Trinajstić information content (AvgIpc) is 3.56. The number of halogens is 12. The monoisotopic (exact) mass is 910 g/mol. The minimum atomic E-state index is -6.66. The second kappa shape index (κ2) is 15.3. The van der Waals surface area contributed by atoms with Crippen molar-refractivity contribution in [3.8, 4) is 5.69 Å². The van der Waals surface area contributed by atoms with E-state index in [0.717, 1.165) is 42.7 Å². The van der Waals surface area contributed by atoms with Gasteiger partial charge in [0, 0.05) is 16.7 Å². The predicted octanol–water partition coefficient (Wildman–Crippen LogP) is 9.35. The van der Waals surface area contributed by atoms with Gasteiger partial charge in [0.2, 0.25) is 0 Å². The van der Waals surface area contributed by atoms with Crippen LogP contribution < -0.4 is 22.2 Å². The van der Waals surface area contributed by atoms with E-state index >= 15 is 0 Å². The van der Waals surface area contributed by atoms with E-state index in [1.165, 1.54) is 20.8 Å². The summed E-state index contributed by atoms with van der Waals surface area (Å²) in [5.41, 5.74) is -26.8. The molecule has 2 N–H and O–H groups in total. The van der Waals surface area contributed by atoms with Crippen LogP contribution in [0.3, 0.4) is 0 Å². The molecule has 0 fully saturated rings. The molecule has 8 nitrogen and oxygen atoms in total. The lowest BCUT2D eigenvalue weighted by Gasteiger charge is -2.39.